The lowest BCUT2D eigenvalue weighted by Crippen LogP contribution is -2.39. The summed E-state index contributed by atoms with van der Waals surface area (Å²) in [5, 5.41) is 10.5. The Morgan fingerprint density at radius 1 is 1.35 bits per heavy atom. The maximum Gasteiger partial charge on any atom is 0.323 e. The minimum Gasteiger partial charge on any atom is -0.480 e. The molecule has 0 aliphatic rings. The molecule has 1 aromatic carbocycles. The molecule has 0 atom stereocenters. The number of rotatable bonds is 5. The third-order valence-electron chi connectivity index (χ3n) is 2.20. The number of hydrogen-bond donors (Lipinski definition) is 2. The van der Waals surface area contributed by atoms with E-state index in [1.807, 2.05) is 5.32 Å². The summed E-state index contributed by atoms with van der Waals surface area (Å²) in [6.07, 6.45) is 1.25. The third kappa shape index (κ3) is 4.01. The molecule has 2 amide bonds. The van der Waals surface area contributed by atoms with Crippen LogP contribution in [0.15, 0.2) is 24.8 Å². The molecule has 5 nitrogen and oxygen atoms in total. The van der Waals surface area contributed by atoms with Crippen LogP contribution >= 0.6 is 0 Å². The van der Waals surface area contributed by atoms with Crippen LogP contribution in [-0.2, 0) is 4.79 Å². The van der Waals surface area contributed by atoms with E-state index in [-0.39, 0.29) is 6.54 Å². The van der Waals surface area contributed by atoms with E-state index < -0.39 is 41.7 Å². The third-order valence-corrected chi connectivity index (χ3v) is 2.20. The quantitative estimate of drug-likeness (QED) is 0.644. The smallest absolute Gasteiger partial charge is 0.323 e. The van der Waals surface area contributed by atoms with Crippen LogP contribution in [0.3, 0.4) is 0 Å². The fraction of sp³-hybridized carbons (Fsp3) is 0.167. The molecule has 0 aromatic heterocycles. The van der Waals surface area contributed by atoms with Gasteiger partial charge in [0, 0.05) is 18.7 Å². The number of urea groups is 1. The molecular weight excluding hydrogens is 277 g/mol. The van der Waals surface area contributed by atoms with Gasteiger partial charge in [0.05, 0.1) is 5.69 Å². The molecule has 0 saturated heterocycles. The predicted molar refractivity (Wildman–Crippen MR) is 64.7 cm³/mol. The van der Waals surface area contributed by atoms with E-state index in [4.69, 9.17) is 5.11 Å². The Labute approximate surface area is 112 Å². The largest absolute Gasteiger partial charge is 0.480 e. The lowest BCUT2D eigenvalue weighted by atomic mass is 10.3. The van der Waals surface area contributed by atoms with Gasteiger partial charge in [-0.1, -0.05) is 6.08 Å². The molecular formula is C12H11F3N2O3. The van der Waals surface area contributed by atoms with Crippen LogP contribution in [0.25, 0.3) is 0 Å². The number of amides is 2. The van der Waals surface area contributed by atoms with E-state index in [1.165, 1.54) is 6.08 Å². The van der Waals surface area contributed by atoms with Crippen molar-refractivity contribution in [2.75, 3.05) is 18.4 Å². The van der Waals surface area contributed by atoms with Gasteiger partial charge in [-0.3, -0.25) is 4.79 Å². The predicted octanol–water partition coefficient (Wildman–Crippen LogP) is 2.21. The van der Waals surface area contributed by atoms with Crippen molar-refractivity contribution in [3.8, 4) is 0 Å². The minimum atomic E-state index is -1.46. The van der Waals surface area contributed by atoms with Crippen molar-refractivity contribution < 1.29 is 27.9 Å². The van der Waals surface area contributed by atoms with Crippen LogP contribution in [0.2, 0.25) is 0 Å². The molecule has 0 saturated carbocycles. The number of anilines is 1. The summed E-state index contributed by atoms with van der Waals surface area (Å²) in [5.74, 6) is -5.27. The molecule has 8 heteroatoms. The highest BCUT2D eigenvalue weighted by Crippen LogP contribution is 2.19. The van der Waals surface area contributed by atoms with Crippen LogP contribution in [0, 0.1) is 17.5 Å². The molecule has 20 heavy (non-hydrogen) atoms. The number of carbonyl (C=O) groups excluding carboxylic acids is 1. The Kier molecular flexibility index (Phi) is 5.13. The van der Waals surface area contributed by atoms with E-state index in [0.717, 1.165) is 4.90 Å². The van der Waals surface area contributed by atoms with E-state index in [1.54, 1.807) is 0 Å². The number of carboxylic acids is 1. The zero-order valence-electron chi connectivity index (χ0n) is 10.2. The summed E-state index contributed by atoms with van der Waals surface area (Å²) >= 11 is 0. The molecule has 0 aliphatic heterocycles. The Balaban J connectivity index is 2.93. The molecule has 0 radical (unpaired) electrons. The number of nitrogens with zero attached hydrogens (tertiary/aromatic N) is 1. The molecule has 0 bridgehead atoms. The van der Waals surface area contributed by atoms with Gasteiger partial charge >= 0.3 is 12.0 Å². The monoisotopic (exact) mass is 288 g/mol. The zero-order chi connectivity index (χ0) is 15.3. The highest BCUT2D eigenvalue weighted by molar-refractivity contribution is 5.91. The maximum absolute atomic E-state index is 13.3. The van der Waals surface area contributed by atoms with Gasteiger partial charge in [0.2, 0.25) is 0 Å². The molecule has 1 rings (SSSR count). The van der Waals surface area contributed by atoms with Gasteiger partial charge < -0.3 is 15.3 Å². The van der Waals surface area contributed by atoms with Gasteiger partial charge in [-0.2, -0.15) is 0 Å². The Bertz CT molecular complexity index is 549. The van der Waals surface area contributed by atoms with Crippen molar-refractivity contribution in [2.45, 2.75) is 0 Å². The zero-order valence-corrected chi connectivity index (χ0v) is 10.2. The average Bonchev–Trinajstić information content (AvgIpc) is 2.34. The number of carbonyl (C=O) groups is 2. The second-order valence-electron chi connectivity index (χ2n) is 3.74. The standard InChI is InChI=1S/C12H11F3N2O3/c1-2-3-17(6-10(18)19)12(20)16-9-5-7(13)4-8(14)11(9)15/h2,4-5H,1,3,6H2,(H,16,20)(H,18,19). The number of benzene rings is 1. The molecule has 108 valence electrons. The molecule has 0 unspecified atom stereocenters. The SMILES string of the molecule is C=CCN(CC(=O)O)C(=O)Nc1cc(F)cc(F)c1F. The molecule has 0 aliphatic carbocycles. The number of nitrogens with one attached hydrogen (secondary N) is 1. The van der Waals surface area contributed by atoms with Gasteiger partial charge in [0.1, 0.15) is 12.4 Å². The van der Waals surface area contributed by atoms with E-state index in [2.05, 4.69) is 6.58 Å². The van der Waals surface area contributed by atoms with Crippen molar-refractivity contribution in [3.05, 3.63) is 42.2 Å². The summed E-state index contributed by atoms with van der Waals surface area (Å²) in [7, 11) is 0. The normalized spacial score (nSPS) is 9.95. The van der Waals surface area contributed by atoms with Crippen LogP contribution in [-0.4, -0.2) is 35.1 Å². The van der Waals surface area contributed by atoms with Gasteiger partial charge in [0.25, 0.3) is 0 Å². The van der Waals surface area contributed by atoms with E-state index in [0.29, 0.717) is 12.1 Å². The summed E-state index contributed by atoms with van der Waals surface area (Å²) < 4.78 is 39.2. The topological polar surface area (TPSA) is 69.6 Å². The Hall–Kier alpha value is -2.51. The maximum atomic E-state index is 13.3. The first-order chi connectivity index (χ1) is 9.35. The van der Waals surface area contributed by atoms with Crippen molar-refractivity contribution in [1.29, 1.82) is 0 Å². The van der Waals surface area contributed by atoms with Crippen molar-refractivity contribution in [3.63, 3.8) is 0 Å². The average molecular weight is 288 g/mol. The Morgan fingerprint density at radius 3 is 2.55 bits per heavy atom. The lowest BCUT2D eigenvalue weighted by molar-refractivity contribution is -0.137. The van der Waals surface area contributed by atoms with Crippen molar-refractivity contribution in [1.82, 2.24) is 4.90 Å². The highest BCUT2D eigenvalue weighted by Gasteiger charge is 2.19. The number of aliphatic carboxylic acids is 1. The molecule has 1 aromatic rings. The molecule has 0 fully saturated rings. The second kappa shape index (κ2) is 6.60. The van der Waals surface area contributed by atoms with E-state index >= 15 is 0 Å². The first kappa shape index (κ1) is 15.5. The number of hydrogen-bond acceptors (Lipinski definition) is 2. The summed E-state index contributed by atoms with van der Waals surface area (Å²) in [4.78, 5) is 23.0. The summed E-state index contributed by atoms with van der Waals surface area (Å²) in [6.45, 7) is 2.54. The fourth-order valence-electron chi connectivity index (χ4n) is 1.38. The molecule has 2 N–H and O–H groups in total. The van der Waals surface area contributed by atoms with E-state index in [9.17, 15) is 22.8 Å². The number of halogens is 3. The van der Waals surface area contributed by atoms with Gasteiger partial charge in [-0.25, -0.2) is 18.0 Å². The van der Waals surface area contributed by atoms with Gasteiger partial charge in [0.15, 0.2) is 11.6 Å². The fourth-order valence-corrected chi connectivity index (χ4v) is 1.38. The van der Waals surface area contributed by atoms with Crippen molar-refractivity contribution >= 4 is 17.7 Å². The molecule has 0 spiro atoms. The van der Waals surface area contributed by atoms with Crippen LogP contribution < -0.4 is 5.32 Å². The van der Waals surface area contributed by atoms with Gasteiger partial charge in [-0.05, 0) is 0 Å². The highest BCUT2D eigenvalue weighted by atomic mass is 19.2. The van der Waals surface area contributed by atoms with Crippen LogP contribution in [0.5, 0.6) is 0 Å². The summed E-state index contributed by atoms with van der Waals surface area (Å²) in [5.41, 5.74) is -0.716. The number of carboxylic acid groups (broad SMARTS) is 1. The second-order valence-corrected chi connectivity index (χ2v) is 3.74. The minimum absolute atomic E-state index is 0.127. The van der Waals surface area contributed by atoms with Crippen molar-refractivity contribution in [2.24, 2.45) is 0 Å². The first-order valence-electron chi connectivity index (χ1n) is 5.38. The lowest BCUT2D eigenvalue weighted by Gasteiger charge is -2.19. The van der Waals surface area contributed by atoms with Crippen LogP contribution in [0.1, 0.15) is 0 Å². The Morgan fingerprint density at radius 2 is 2.00 bits per heavy atom. The summed E-state index contributed by atoms with van der Waals surface area (Å²) in [6, 6.07) is -0.108. The molecule has 0 heterocycles. The van der Waals surface area contributed by atoms with Crippen LogP contribution in [0.4, 0.5) is 23.7 Å². The van der Waals surface area contributed by atoms with Gasteiger partial charge in [-0.15, -0.1) is 6.58 Å². The first-order valence-corrected chi connectivity index (χ1v) is 5.38.